The van der Waals surface area contributed by atoms with Crippen LogP contribution in [-0.4, -0.2) is 10.0 Å². The van der Waals surface area contributed by atoms with Crippen LogP contribution >= 0.6 is 8.03 Å². The van der Waals surface area contributed by atoms with Gasteiger partial charge >= 0.3 is 8.03 Å². The van der Waals surface area contributed by atoms with E-state index < -0.39 is 8.03 Å². The summed E-state index contributed by atoms with van der Waals surface area (Å²) >= 11 is 0. The summed E-state index contributed by atoms with van der Waals surface area (Å²) in [7, 11) is -2.08. The topological polar surface area (TPSA) is 37.3 Å². The first-order valence-electron chi connectivity index (χ1n) is 8.17. The SMILES string of the molecule is CCCCCCC(CCCCCC)(C(C)C)[P+](=O)O. The fourth-order valence-electron chi connectivity index (χ4n) is 2.83. The third-order valence-corrected chi connectivity index (χ3v) is 6.11. The molecule has 0 heterocycles. The van der Waals surface area contributed by atoms with Crippen LogP contribution in [0.5, 0.6) is 0 Å². The maximum absolute atomic E-state index is 11.9. The highest BCUT2D eigenvalue weighted by Gasteiger charge is 2.50. The molecule has 1 N–H and O–H groups in total. The van der Waals surface area contributed by atoms with Crippen molar-refractivity contribution in [3.05, 3.63) is 0 Å². The standard InChI is InChI=1S/C16H33O2P/c1-5-7-9-11-13-16(15(3)4,19(17)18)14-12-10-8-6-2/h15H,5-14H2,1-4H3/p+1. The Labute approximate surface area is 121 Å². The van der Waals surface area contributed by atoms with Gasteiger partial charge in [-0.05, 0) is 17.4 Å². The molecule has 1 atom stereocenters. The first-order valence-corrected chi connectivity index (χ1v) is 9.38. The van der Waals surface area contributed by atoms with Gasteiger partial charge in [-0.1, -0.05) is 66.2 Å². The van der Waals surface area contributed by atoms with Crippen molar-refractivity contribution in [2.45, 2.75) is 97.1 Å². The molecule has 0 aromatic carbocycles. The van der Waals surface area contributed by atoms with Crippen molar-refractivity contribution in [1.82, 2.24) is 0 Å². The zero-order valence-electron chi connectivity index (χ0n) is 13.5. The lowest BCUT2D eigenvalue weighted by Gasteiger charge is -2.26. The van der Waals surface area contributed by atoms with Crippen LogP contribution in [0.3, 0.4) is 0 Å². The predicted molar refractivity (Wildman–Crippen MR) is 84.9 cm³/mol. The lowest BCUT2D eigenvalue weighted by atomic mass is 9.84. The molecule has 0 bridgehead atoms. The lowest BCUT2D eigenvalue weighted by molar-refractivity contribution is 0.313. The Morgan fingerprint density at radius 1 is 0.895 bits per heavy atom. The summed E-state index contributed by atoms with van der Waals surface area (Å²) in [5, 5.41) is -0.336. The minimum absolute atomic E-state index is 0.296. The molecule has 0 saturated heterocycles. The fourth-order valence-corrected chi connectivity index (χ4v) is 3.97. The van der Waals surface area contributed by atoms with E-state index in [2.05, 4.69) is 27.7 Å². The maximum atomic E-state index is 11.9. The van der Waals surface area contributed by atoms with E-state index in [4.69, 9.17) is 0 Å². The maximum Gasteiger partial charge on any atom is 0.512 e. The third-order valence-electron chi connectivity index (χ3n) is 4.38. The van der Waals surface area contributed by atoms with Gasteiger partial charge in [0.25, 0.3) is 0 Å². The molecule has 1 unspecified atom stereocenters. The average Bonchev–Trinajstić information content (AvgIpc) is 2.36. The zero-order valence-corrected chi connectivity index (χ0v) is 14.3. The second-order valence-corrected chi connectivity index (χ2v) is 7.59. The Hall–Kier alpha value is 0.0600. The summed E-state index contributed by atoms with van der Waals surface area (Å²) < 4.78 is 11.9. The van der Waals surface area contributed by atoms with Crippen molar-refractivity contribution in [3.63, 3.8) is 0 Å². The summed E-state index contributed by atoms with van der Waals surface area (Å²) in [6, 6.07) is 0. The monoisotopic (exact) mass is 289 g/mol. The van der Waals surface area contributed by atoms with Crippen LogP contribution < -0.4 is 0 Å². The summed E-state index contributed by atoms with van der Waals surface area (Å²) in [6.45, 7) is 8.63. The Morgan fingerprint density at radius 3 is 1.58 bits per heavy atom. The van der Waals surface area contributed by atoms with Gasteiger partial charge in [0, 0.05) is 18.8 Å². The summed E-state index contributed by atoms with van der Waals surface area (Å²) in [5.74, 6) is 0.296. The Balaban J connectivity index is 4.46. The minimum atomic E-state index is -2.08. The molecule has 2 nitrogen and oxygen atoms in total. The second kappa shape index (κ2) is 10.8. The van der Waals surface area contributed by atoms with E-state index in [1.807, 2.05) is 0 Å². The van der Waals surface area contributed by atoms with Crippen LogP contribution in [0.15, 0.2) is 0 Å². The summed E-state index contributed by atoms with van der Waals surface area (Å²) in [5.41, 5.74) is 0. The van der Waals surface area contributed by atoms with Gasteiger partial charge in [0.2, 0.25) is 0 Å². The van der Waals surface area contributed by atoms with Gasteiger partial charge in [0.1, 0.15) is 0 Å². The molecule has 0 amide bonds. The third kappa shape index (κ3) is 6.86. The molecule has 0 fully saturated rings. The van der Waals surface area contributed by atoms with E-state index in [0.717, 1.165) is 25.7 Å². The Bertz CT molecular complexity index is 227. The van der Waals surface area contributed by atoms with Crippen LogP contribution in [0.1, 0.15) is 91.9 Å². The molecule has 0 radical (unpaired) electrons. The highest BCUT2D eigenvalue weighted by Crippen LogP contribution is 2.49. The fraction of sp³-hybridized carbons (Fsp3) is 1.00. The molecule has 0 saturated carbocycles. The van der Waals surface area contributed by atoms with Crippen molar-refractivity contribution in [3.8, 4) is 0 Å². The van der Waals surface area contributed by atoms with Gasteiger partial charge in [-0.15, -0.1) is 0 Å². The number of rotatable bonds is 12. The van der Waals surface area contributed by atoms with E-state index in [9.17, 15) is 9.46 Å². The largest absolute Gasteiger partial charge is 0.512 e. The molecule has 0 aliphatic heterocycles. The molecule has 0 aliphatic rings. The van der Waals surface area contributed by atoms with Gasteiger partial charge in [-0.25, -0.2) is 0 Å². The smallest absolute Gasteiger partial charge is 0.160 e. The van der Waals surface area contributed by atoms with Crippen molar-refractivity contribution < 1.29 is 9.46 Å². The van der Waals surface area contributed by atoms with Crippen molar-refractivity contribution >= 4 is 8.03 Å². The molecule has 3 heteroatoms. The number of unbranched alkanes of at least 4 members (excludes halogenated alkanes) is 6. The first kappa shape index (κ1) is 19.1. The van der Waals surface area contributed by atoms with Gasteiger partial charge in [0.05, 0.1) is 0 Å². The van der Waals surface area contributed by atoms with E-state index in [0.29, 0.717) is 5.92 Å². The highest BCUT2D eigenvalue weighted by atomic mass is 31.1. The molecular formula is C16H34O2P+. The highest BCUT2D eigenvalue weighted by molar-refractivity contribution is 7.40. The molecule has 19 heavy (non-hydrogen) atoms. The quantitative estimate of drug-likeness (QED) is 0.350. The Kier molecular flexibility index (Phi) is 10.8. The van der Waals surface area contributed by atoms with E-state index in [-0.39, 0.29) is 5.16 Å². The van der Waals surface area contributed by atoms with Crippen molar-refractivity contribution in [1.29, 1.82) is 0 Å². The number of hydrogen-bond donors (Lipinski definition) is 1. The van der Waals surface area contributed by atoms with E-state index in [1.54, 1.807) is 0 Å². The molecule has 0 rings (SSSR count). The van der Waals surface area contributed by atoms with Crippen molar-refractivity contribution in [2.75, 3.05) is 0 Å². The normalized spacial score (nSPS) is 13.1. The van der Waals surface area contributed by atoms with Gasteiger partial charge in [-0.3, -0.25) is 0 Å². The Morgan fingerprint density at radius 2 is 1.32 bits per heavy atom. The van der Waals surface area contributed by atoms with E-state index in [1.165, 1.54) is 38.5 Å². The average molecular weight is 289 g/mol. The second-order valence-electron chi connectivity index (χ2n) is 6.15. The van der Waals surface area contributed by atoms with Crippen LogP contribution in [0, 0.1) is 5.92 Å². The summed E-state index contributed by atoms with van der Waals surface area (Å²) in [6.07, 6.45) is 11.4. The van der Waals surface area contributed by atoms with Crippen LogP contribution in [0.4, 0.5) is 0 Å². The summed E-state index contributed by atoms with van der Waals surface area (Å²) in [4.78, 5) is 9.86. The molecule has 0 aliphatic carbocycles. The lowest BCUT2D eigenvalue weighted by Crippen LogP contribution is -2.31. The predicted octanol–water partition coefficient (Wildman–Crippen LogP) is 6.06. The van der Waals surface area contributed by atoms with Crippen molar-refractivity contribution in [2.24, 2.45) is 5.92 Å². The van der Waals surface area contributed by atoms with Crippen LogP contribution in [-0.2, 0) is 4.57 Å². The molecular weight excluding hydrogens is 255 g/mol. The molecule has 0 aromatic rings. The van der Waals surface area contributed by atoms with Crippen LogP contribution in [0.25, 0.3) is 0 Å². The zero-order chi connectivity index (χ0) is 14.7. The minimum Gasteiger partial charge on any atom is -0.160 e. The van der Waals surface area contributed by atoms with Crippen LogP contribution in [0.2, 0.25) is 0 Å². The van der Waals surface area contributed by atoms with Gasteiger partial charge in [0.15, 0.2) is 5.16 Å². The van der Waals surface area contributed by atoms with Gasteiger partial charge in [-0.2, -0.15) is 4.89 Å². The van der Waals surface area contributed by atoms with Gasteiger partial charge < -0.3 is 0 Å². The number of hydrogen-bond acceptors (Lipinski definition) is 1. The molecule has 114 valence electrons. The molecule has 0 aromatic heterocycles. The first-order chi connectivity index (χ1) is 9.01. The van der Waals surface area contributed by atoms with E-state index >= 15 is 0 Å². The molecule has 0 spiro atoms.